The van der Waals surface area contributed by atoms with Crippen molar-refractivity contribution in [2.45, 2.75) is 46.6 Å². The van der Waals surface area contributed by atoms with Crippen LogP contribution in [0.5, 0.6) is 0 Å². The Morgan fingerprint density at radius 1 is 0.973 bits per heavy atom. The second kappa shape index (κ2) is 11.2. The Bertz CT molecular complexity index is 1480. The van der Waals surface area contributed by atoms with Gasteiger partial charge in [0.05, 0.1) is 35.1 Å². The summed E-state index contributed by atoms with van der Waals surface area (Å²) in [7, 11) is 1.35. The summed E-state index contributed by atoms with van der Waals surface area (Å²) in [5.41, 5.74) is 5.26. The van der Waals surface area contributed by atoms with E-state index < -0.39 is 0 Å². The normalized spacial score (nSPS) is 11.0. The zero-order valence-corrected chi connectivity index (χ0v) is 21.6. The molecule has 2 aromatic heterocycles. The summed E-state index contributed by atoms with van der Waals surface area (Å²) < 4.78 is 7.88. The number of benzene rings is 2. The molecule has 4 rings (SSSR count). The van der Waals surface area contributed by atoms with Crippen LogP contribution in [0.15, 0.2) is 53.3 Å². The van der Waals surface area contributed by atoms with Crippen LogP contribution >= 0.6 is 0 Å². The van der Waals surface area contributed by atoms with E-state index >= 15 is 0 Å². The lowest BCUT2D eigenvalue weighted by atomic mass is 10.1. The van der Waals surface area contributed by atoms with Crippen LogP contribution in [0.1, 0.15) is 45.7 Å². The van der Waals surface area contributed by atoms with Gasteiger partial charge in [-0.2, -0.15) is 10.2 Å². The van der Waals surface area contributed by atoms with Gasteiger partial charge in [0.1, 0.15) is 0 Å². The van der Waals surface area contributed by atoms with Crippen LogP contribution in [0.4, 0.5) is 0 Å². The van der Waals surface area contributed by atoms with Gasteiger partial charge < -0.3 is 10.1 Å². The van der Waals surface area contributed by atoms with Crippen LogP contribution in [0.2, 0.25) is 0 Å². The van der Waals surface area contributed by atoms with E-state index in [1.165, 1.54) is 11.8 Å². The summed E-state index contributed by atoms with van der Waals surface area (Å²) in [5, 5.41) is 12.8. The number of nitrogens with one attached hydrogen (secondary N) is 1. The number of aryl methyl sites for hydroxylation is 4. The average molecular weight is 502 g/mol. The largest absolute Gasteiger partial charge is 0.465 e. The first-order valence-corrected chi connectivity index (χ1v) is 12.3. The third-order valence-electron chi connectivity index (χ3n) is 6.35. The zero-order chi connectivity index (χ0) is 26.5. The molecule has 0 radical (unpaired) electrons. The molecular formula is C28H31N5O4. The maximum atomic E-state index is 13.1. The lowest BCUT2D eigenvalue weighted by Gasteiger charge is -2.08. The lowest BCUT2D eigenvalue weighted by molar-refractivity contribution is -0.121. The molecule has 0 bridgehead atoms. The van der Waals surface area contributed by atoms with E-state index in [0.29, 0.717) is 37.0 Å². The van der Waals surface area contributed by atoms with Crippen LogP contribution in [0.3, 0.4) is 0 Å². The predicted octanol–water partition coefficient (Wildman–Crippen LogP) is 3.43. The molecule has 0 aliphatic heterocycles. The molecule has 37 heavy (non-hydrogen) atoms. The number of amides is 1. The predicted molar refractivity (Wildman–Crippen MR) is 141 cm³/mol. The van der Waals surface area contributed by atoms with Crippen molar-refractivity contribution in [3.05, 3.63) is 87.0 Å². The van der Waals surface area contributed by atoms with Gasteiger partial charge in [0.25, 0.3) is 5.56 Å². The summed E-state index contributed by atoms with van der Waals surface area (Å²) in [6, 6.07) is 15.1. The Labute approximate surface area is 215 Å². The fraction of sp³-hybridized carbons (Fsp3) is 0.321. The molecule has 9 heteroatoms. The standard InChI is InChI=1S/C28H31N5O4/c1-18-7-13-23(14-8-18)33-20(3)25-19(2)30-32(27(35)26(25)31-33)17-5-6-24(34)29-16-15-21-9-11-22(12-10-21)28(36)37-4/h7-14H,5-6,15-17H2,1-4H3,(H,29,34). The summed E-state index contributed by atoms with van der Waals surface area (Å²) >= 11 is 0. The molecule has 0 aliphatic rings. The topological polar surface area (TPSA) is 108 Å². The molecule has 4 aromatic rings. The van der Waals surface area contributed by atoms with Crippen molar-refractivity contribution < 1.29 is 14.3 Å². The van der Waals surface area contributed by atoms with Gasteiger partial charge in [0.15, 0.2) is 5.52 Å². The average Bonchev–Trinajstić information content (AvgIpc) is 3.25. The van der Waals surface area contributed by atoms with Gasteiger partial charge in [-0.1, -0.05) is 29.8 Å². The van der Waals surface area contributed by atoms with Crippen LogP contribution < -0.4 is 10.9 Å². The van der Waals surface area contributed by atoms with Gasteiger partial charge in [-0.25, -0.2) is 14.2 Å². The highest BCUT2D eigenvalue weighted by molar-refractivity contribution is 5.89. The van der Waals surface area contributed by atoms with E-state index in [4.69, 9.17) is 4.74 Å². The first-order valence-electron chi connectivity index (χ1n) is 12.3. The van der Waals surface area contributed by atoms with E-state index in [1.807, 2.05) is 57.2 Å². The Morgan fingerprint density at radius 3 is 2.35 bits per heavy atom. The SMILES string of the molecule is COC(=O)c1ccc(CCNC(=O)CCCn2nc(C)c3c(C)n(-c4ccc(C)cc4)nc3c2=O)cc1. The third kappa shape index (κ3) is 5.77. The van der Waals surface area contributed by atoms with Gasteiger partial charge in [0.2, 0.25) is 5.91 Å². The molecule has 1 amide bonds. The Balaban J connectivity index is 1.34. The number of fused-ring (bicyclic) bond motifs is 1. The number of aromatic nitrogens is 4. The monoisotopic (exact) mass is 501 g/mol. The van der Waals surface area contributed by atoms with Crippen molar-refractivity contribution in [2.24, 2.45) is 0 Å². The molecule has 0 atom stereocenters. The lowest BCUT2D eigenvalue weighted by Crippen LogP contribution is -2.27. The fourth-order valence-corrected chi connectivity index (χ4v) is 4.32. The van der Waals surface area contributed by atoms with Crippen LogP contribution in [0.25, 0.3) is 16.6 Å². The maximum absolute atomic E-state index is 13.1. The highest BCUT2D eigenvalue weighted by Gasteiger charge is 2.17. The molecule has 192 valence electrons. The van der Waals surface area contributed by atoms with E-state index in [9.17, 15) is 14.4 Å². The fourth-order valence-electron chi connectivity index (χ4n) is 4.32. The summed E-state index contributed by atoms with van der Waals surface area (Å²) in [4.78, 5) is 36.9. The van der Waals surface area contributed by atoms with Crippen molar-refractivity contribution in [3.63, 3.8) is 0 Å². The number of carbonyl (C=O) groups is 2. The molecule has 0 spiro atoms. The minimum absolute atomic E-state index is 0.0866. The first kappa shape index (κ1) is 25.8. The molecule has 0 unspecified atom stereocenters. The number of ether oxygens (including phenoxy) is 1. The maximum Gasteiger partial charge on any atom is 0.337 e. The molecule has 0 aliphatic carbocycles. The quantitative estimate of drug-likeness (QED) is 0.352. The minimum Gasteiger partial charge on any atom is -0.465 e. The van der Waals surface area contributed by atoms with E-state index in [1.54, 1.807) is 16.8 Å². The number of carbonyl (C=O) groups excluding carboxylic acids is 2. The van der Waals surface area contributed by atoms with Gasteiger partial charge in [-0.3, -0.25) is 9.59 Å². The zero-order valence-electron chi connectivity index (χ0n) is 21.6. The minimum atomic E-state index is -0.377. The number of hydrogen-bond acceptors (Lipinski definition) is 6. The smallest absolute Gasteiger partial charge is 0.337 e. The summed E-state index contributed by atoms with van der Waals surface area (Å²) in [6.45, 7) is 6.64. The Morgan fingerprint density at radius 2 is 1.68 bits per heavy atom. The first-order chi connectivity index (χ1) is 17.8. The van der Waals surface area contributed by atoms with Crippen molar-refractivity contribution >= 4 is 22.8 Å². The van der Waals surface area contributed by atoms with Crippen molar-refractivity contribution in [1.82, 2.24) is 24.9 Å². The van der Waals surface area contributed by atoms with Crippen molar-refractivity contribution in [1.29, 1.82) is 0 Å². The molecule has 0 saturated heterocycles. The molecule has 9 nitrogen and oxygen atoms in total. The number of methoxy groups -OCH3 is 1. The van der Waals surface area contributed by atoms with Gasteiger partial charge >= 0.3 is 5.97 Å². The summed E-state index contributed by atoms with van der Waals surface area (Å²) in [6.07, 6.45) is 1.41. The molecule has 0 saturated carbocycles. The van der Waals surface area contributed by atoms with Crippen LogP contribution in [-0.4, -0.2) is 45.1 Å². The van der Waals surface area contributed by atoms with E-state index in [-0.39, 0.29) is 23.9 Å². The molecule has 1 N–H and O–H groups in total. The number of esters is 1. The van der Waals surface area contributed by atoms with Crippen molar-refractivity contribution in [2.75, 3.05) is 13.7 Å². The van der Waals surface area contributed by atoms with E-state index in [0.717, 1.165) is 33.6 Å². The molecule has 2 aromatic carbocycles. The van der Waals surface area contributed by atoms with Crippen LogP contribution in [-0.2, 0) is 22.5 Å². The molecular weight excluding hydrogens is 470 g/mol. The second-order valence-electron chi connectivity index (χ2n) is 9.06. The number of hydrogen-bond donors (Lipinski definition) is 1. The van der Waals surface area contributed by atoms with Gasteiger partial charge in [0, 0.05) is 19.5 Å². The van der Waals surface area contributed by atoms with Gasteiger partial charge in [-0.15, -0.1) is 0 Å². The molecule has 2 heterocycles. The van der Waals surface area contributed by atoms with Crippen LogP contribution in [0, 0.1) is 20.8 Å². The Hall–Kier alpha value is -4.27. The summed E-state index contributed by atoms with van der Waals surface area (Å²) in [5.74, 6) is -0.464. The Kier molecular flexibility index (Phi) is 7.81. The second-order valence-corrected chi connectivity index (χ2v) is 9.06. The number of rotatable bonds is 9. The number of nitrogens with zero attached hydrogens (tertiary/aromatic N) is 4. The third-order valence-corrected chi connectivity index (χ3v) is 6.35. The highest BCUT2D eigenvalue weighted by atomic mass is 16.5. The highest BCUT2D eigenvalue weighted by Crippen LogP contribution is 2.21. The molecule has 0 fully saturated rings. The van der Waals surface area contributed by atoms with Gasteiger partial charge in [-0.05, 0) is 63.4 Å². The van der Waals surface area contributed by atoms with E-state index in [2.05, 4.69) is 15.5 Å². The van der Waals surface area contributed by atoms with Crippen molar-refractivity contribution in [3.8, 4) is 5.69 Å².